The predicted octanol–water partition coefficient (Wildman–Crippen LogP) is 3.23. The van der Waals surface area contributed by atoms with Gasteiger partial charge < -0.3 is 4.74 Å². The van der Waals surface area contributed by atoms with Crippen LogP contribution in [0.5, 0.6) is 0 Å². The molecule has 13 heavy (non-hydrogen) atoms. The Morgan fingerprint density at radius 2 is 1.77 bits per heavy atom. The van der Waals surface area contributed by atoms with Gasteiger partial charge in [-0.3, -0.25) is 4.79 Å². The quantitative estimate of drug-likeness (QED) is 0.524. The first-order chi connectivity index (χ1) is 5.87. The summed E-state index contributed by atoms with van der Waals surface area (Å²) >= 11 is 17.4. The minimum atomic E-state index is -1.52. The zero-order chi connectivity index (χ0) is 10.1. The summed E-state index contributed by atoms with van der Waals surface area (Å²) in [4.78, 5) is 10.9. The van der Waals surface area contributed by atoms with Crippen LogP contribution in [0, 0.1) is 0 Å². The van der Waals surface area contributed by atoms with E-state index in [1.807, 2.05) is 0 Å². The number of esters is 1. The second kappa shape index (κ2) is 3.84. The van der Waals surface area contributed by atoms with Crippen LogP contribution in [-0.4, -0.2) is 15.4 Å². The Labute approximate surface area is 92.5 Å². The van der Waals surface area contributed by atoms with E-state index in [9.17, 15) is 4.79 Å². The topological polar surface area (TPSA) is 26.3 Å². The van der Waals surface area contributed by atoms with Crippen molar-refractivity contribution < 1.29 is 9.53 Å². The van der Waals surface area contributed by atoms with Gasteiger partial charge in [0.25, 0.3) is 0 Å². The van der Waals surface area contributed by atoms with Crippen LogP contribution in [0.3, 0.4) is 0 Å². The third-order valence-corrected chi connectivity index (χ3v) is 3.30. The van der Waals surface area contributed by atoms with E-state index in [1.165, 1.54) is 6.92 Å². The summed E-state index contributed by atoms with van der Waals surface area (Å²) < 4.78 is 3.61. The van der Waals surface area contributed by atoms with Crippen molar-refractivity contribution in [2.24, 2.45) is 0 Å². The monoisotopic (exact) mass is 244 g/mol. The Hall–Kier alpha value is 0.340. The summed E-state index contributed by atoms with van der Waals surface area (Å²) in [5, 5.41) is 0. The maximum atomic E-state index is 10.9. The van der Waals surface area contributed by atoms with Crippen LogP contribution >= 0.6 is 34.8 Å². The molecule has 0 aromatic carbocycles. The van der Waals surface area contributed by atoms with Crippen molar-refractivity contribution >= 4 is 40.8 Å². The first kappa shape index (κ1) is 11.4. The van der Waals surface area contributed by atoms with E-state index in [0.29, 0.717) is 12.8 Å². The van der Waals surface area contributed by atoms with Crippen molar-refractivity contribution in [1.29, 1.82) is 0 Å². The average Bonchev–Trinajstić information content (AvgIpc) is 2.33. The van der Waals surface area contributed by atoms with Crippen molar-refractivity contribution in [3.05, 3.63) is 0 Å². The highest BCUT2D eigenvalue weighted by Gasteiger charge is 2.53. The number of halogens is 3. The first-order valence-corrected chi connectivity index (χ1v) is 5.27. The maximum Gasteiger partial charge on any atom is 0.303 e. The molecule has 5 heteroatoms. The molecule has 0 amide bonds. The van der Waals surface area contributed by atoms with Gasteiger partial charge in [0.05, 0.1) is 0 Å². The Morgan fingerprint density at radius 3 is 2.08 bits per heavy atom. The highest BCUT2D eigenvalue weighted by Crippen LogP contribution is 2.50. The van der Waals surface area contributed by atoms with Gasteiger partial charge in [-0.05, 0) is 25.7 Å². The number of hydrogen-bond acceptors (Lipinski definition) is 2. The molecule has 0 radical (unpaired) electrons. The highest BCUT2D eigenvalue weighted by molar-refractivity contribution is 6.68. The molecule has 0 heterocycles. The van der Waals surface area contributed by atoms with Crippen molar-refractivity contribution in [3.8, 4) is 0 Å². The van der Waals surface area contributed by atoms with Crippen molar-refractivity contribution in [2.75, 3.05) is 0 Å². The molecule has 0 saturated heterocycles. The lowest BCUT2D eigenvalue weighted by atomic mass is 10.0. The van der Waals surface area contributed by atoms with Crippen molar-refractivity contribution in [1.82, 2.24) is 0 Å². The molecule has 0 aromatic heterocycles. The molecule has 0 bridgehead atoms. The van der Waals surface area contributed by atoms with Gasteiger partial charge in [0.2, 0.25) is 3.79 Å². The molecule has 0 unspecified atom stereocenters. The second-order valence-electron chi connectivity index (χ2n) is 3.29. The third kappa shape index (κ3) is 2.42. The summed E-state index contributed by atoms with van der Waals surface area (Å²) in [6.45, 7) is 1.33. The molecule has 1 rings (SSSR count). The minimum Gasteiger partial charge on any atom is -0.455 e. The van der Waals surface area contributed by atoms with Gasteiger partial charge in [-0.15, -0.1) is 0 Å². The Kier molecular flexibility index (Phi) is 3.37. The van der Waals surface area contributed by atoms with Gasteiger partial charge in [-0.2, -0.15) is 0 Å². The van der Waals surface area contributed by atoms with Crippen LogP contribution in [0.4, 0.5) is 0 Å². The van der Waals surface area contributed by atoms with E-state index in [4.69, 9.17) is 39.5 Å². The van der Waals surface area contributed by atoms with Gasteiger partial charge >= 0.3 is 5.97 Å². The van der Waals surface area contributed by atoms with Crippen LogP contribution in [0.2, 0.25) is 0 Å². The average molecular weight is 246 g/mol. The fourth-order valence-corrected chi connectivity index (χ4v) is 2.35. The van der Waals surface area contributed by atoms with Crippen molar-refractivity contribution in [3.63, 3.8) is 0 Å². The number of carbonyl (C=O) groups is 1. The van der Waals surface area contributed by atoms with Crippen LogP contribution in [-0.2, 0) is 9.53 Å². The number of ether oxygens (including phenoxy) is 1. The number of carbonyl (C=O) groups excluding carboxylic acids is 1. The van der Waals surface area contributed by atoms with Crippen LogP contribution in [0.1, 0.15) is 32.6 Å². The zero-order valence-corrected chi connectivity index (χ0v) is 9.55. The molecule has 1 aliphatic rings. The smallest absolute Gasteiger partial charge is 0.303 e. The normalized spacial score (nSPS) is 21.5. The molecule has 1 aliphatic carbocycles. The predicted molar refractivity (Wildman–Crippen MR) is 53.3 cm³/mol. The molecule has 0 aliphatic heterocycles. The largest absolute Gasteiger partial charge is 0.455 e. The van der Waals surface area contributed by atoms with Crippen LogP contribution in [0.15, 0.2) is 0 Å². The fraction of sp³-hybridized carbons (Fsp3) is 0.875. The van der Waals surface area contributed by atoms with E-state index in [2.05, 4.69) is 0 Å². The Balaban J connectivity index is 2.81. The summed E-state index contributed by atoms with van der Waals surface area (Å²) in [7, 11) is 0. The van der Waals surface area contributed by atoms with Gasteiger partial charge in [-0.1, -0.05) is 34.8 Å². The van der Waals surface area contributed by atoms with E-state index in [1.54, 1.807) is 0 Å². The van der Waals surface area contributed by atoms with Crippen LogP contribution in [0.25, 0.3) is 0 Å². The standard InChI is InChI=1S/C8H11Cl3O2/c1-6(12)13-7(8(9,10)11)4-2-3-5-7/h2-5H2,1H3. The number of hydrogen-bond donors (Lipinski definition) is 0. The minimum absolute atomic E-state index is 0.395. The lowest BCUT2D eigenvalue weighted by Gasteiger charge is -2.34. The molecule has 0 N–H and O–H groups in total. The fourth-order valence-electron chi connectivity index (χ4n) is 1.66. The van der Waals surface area contributed by atoms with E-state index in [0.717, 1.165) is 12.8 Å². The summed E-state index contributed by atoms with van der Waals surface area (Å²) in [5.41, 5.74) is -0.899. The molecule has 2 nitrogen and oxygen atoms in total. The van der Waals surface area contributed by atoms with Crippen LogP contribution < -0.4 is 0 Å². The van der Waals surface area contributed by atoms with Gasteiger partial charge in [0.15, 0.2) is 5.60 Å². The second-order valence-corrected chi connectivity index (χ2v) is 5.57. The number of rotatable bonds is 1. The SMILES string of the molecule is CC(=O)OC1(C(Cl)(Cl)Cl)CCCC1. The molecular weight excluding hydrogens is 234 g/mol. The van der Waals surface area contributed by atoms with Gasteiger partial charge in [-0.25, -0.2) is 0 Å². The third-order valence-electron chi connectivity index (χ3n) is 2.27. The Morgan fingerprint density at radius 1 is 1.31 bits per heavy atom. The summed E-state index contributed by atoms with van der Waals surface area (Å²) in [6, 6.07) is 0. The van der Waals surface area contributed by atoms with E-state index >= 15 is 0 Å². The first-order valence-electron chi connectivity index (χ1n) is 4.14. The van der Waals surface area contributed by atoms with Crippen molar-refractivity contribution in [2.45, 2.75) is 42.0 Å². The summed E-state index contributed by atoms with van der Waals surface area (Å²) in [6.07, 6.45) is 3.12. The van der Waals surface area contributed by atoms with E-state index < -0.39 is 15.4 Å². The zero-order valence-electron chi connectivity index (χ0n) is 7.28. The molecular formula is C8H11Cl3O2. The molecule has 76 valence electrons. The summed E-state index contributed by atoms with van der Waals surface area (Å²) in [5.74, 6) is -0.395. The molecule has 0 spiro atoms. The van der Waals surface area contributed by atoms with Gasteiger partial charge in [0, 0.05) is 6.92 Å². The Bertz CT molecular complexity index is 204. The number of alkyl halides is 3. The molecule has 1 fully saturated rings. The lowest BCUT2D eigenvalue weighted by molar-refractivity contribution is -0.156. The lowest BCUT2D eigenvalue weighted by Crippen LogP contribution is -2.44. The maximum absolute atomic E-state index is 10.9. The molecule has 1 saturated carbocycles. The molecule has 0 atom stereocenters. The molecule has 0 aromatic rings. The highest BCUT2D eigenvalue weighted by atomic mass is 35.6. The van der Waals surface area contributed by atoms with E-state index in [-0.39, 0.29) is 0 Å². The van der Waals surface area contributed by atoms with Gasteiger partial charge in [0.1, 0.15) is 0 Å².